The maximum Gasteiger partial charge on any atom is 0.307 e. The first-order chi connectivity index (χ1) is 17.4. The zero-order valence-corrected chi connectivity index (χ0v) is 21.5. The van der Waals surface area contributed by atoms with Crippen LogP contribution in [0.15, 0.2) is 35.9 Å². The molecule has 0 bridgehead atoms. The van der Waals surface area contributed by atoms with Gasteiger partial charge in [-0.2, -0.15) is 0 Å². The first-order valence-electron chi connectivity index (χ1n) is 11.7. The highest BCUT2D eigenvalue weighted by Crippen LogP contribution is 2.34. The Morgan fingerprint density at radius 1 is 1.24 bits per heavy atom. The molecule has 0 amide bonds. The second-order valence-electron chi connectivity index (χ2n) is 8.92. The van der Waals surface area contributed by atoms with E-state index in [4.69, 9.17) is 25.8 Å². The van der Waals surface area contributed by atoms with Crippen molar-refractivity contribution < 1.29 is 37.3 Å². The van der Waals surface area contributed by atoms with E-state index in [2.05, 4.69) is 4.90 Å². The lowest BCUT2D eigenvalue weighted by molar-refractivity contribution is -0.143. The molecule has 0 unspecified atom stereocenters. The molecule has 0 radical (unpaired) electrons. The lowest BCUT2D eigenvalue weighted by Gasteiger charge is -2.32. The number of alkyl halides is 2. The van der Waals surface area contributed by atoms with E-state index in [-0.39, 0.29) is 48.1 Å². The largest absolute Gasteiger partial charge is 0.489 e. The van der Waals surface area contributed by atoms with Crippen LogP contribution < -0.4 is 14.2 Å². The summed E-state index contributed by atoms with van der Waals surface area (Å²) in [6.45, 7) is 0.214. The predicted octanol–water partition coefficient (Wildman–Crippen LogP) is 5.74. The molecule has 1 saturated heterocycles. The number of ether oxygens (including phenoxy) is 3. The fourth-order valence-corrected chi connectivity index (χ4v) is 4.54. The third-order valence-corrected chi connectivity index (χ3v) is 6.44. The number of fused-ring (bicyclic) bond motifs is 1. The summed E-state index contributed by atoms with van der Waals surface area (Å²) in [6.07, 6.45) is 2.03. The molecular formula is C26H28Cl2F3NO5. The molecule has 2 aliphatic rings. The third-order valence-electron chi connectivity index (χ3n) is 6.15. The van der Waals surface area contributed by atoms with Crippen LogP contribution in [-0.4, -0.2) is 61.7 Å². The molecule has 11 heteroatoms. The van der Waals surface area contributed by atoms with Crippen molar-refractivity contribution in [3.63, 3.8) is 0 Å². The summed E-state index contributed by atoms with van der Waals surface area (Å²) in [7, 11) is 0. The van der Waals surface area contributed by atoms with Crippen molar-refractivity contribution in [2.75, 3.05) is 39.6 Å². The Morgan fingerprint density at radius 2 is 2.03 bits per heavy atom. The number of hydrogen-bond acceptors (Lipinski definition) is 5. The zero-order valence-electron chi connectivity index (χ0n) is 19.9. The van der Waals surface area contributed by atoms with E-state index in [0.29, 0.717) is 36.4 Å². The molecule has 0 aromatic heterocycles. The van der Waals surface area contributed by atoms with Gasteiger partial charge in [0, 0.05) is 25.2 Å². The second kappa shape index (κ2) is 13.3. The molecule has 4 rings (SSSR count). The molecule has 2 aromatic rings. The lowest BCUT2D eigenvalue weighted by Crippen LogP contribution is -2.40. The van der Waals surface area contributed by atoms with Gasteiger partial charge in [0.15, 0.2) is 6.10 Å². The molecule has 1 atom stereocenters. The number of piperidine rings is 1. The SMILES string of the molecule is Cl.O=C(O)[C@H]1CCCN(CC2=Cc3c(F)cc(OCc4ccc(OC(CF)CF)c(Cl)c4)cc3OC2)C1. The molecular weight excluding hydrogens is 534 g/mol. The van der Waals surface area contributed by atoms with Crippen LogP contribution in [0, 0.1) is 11.7 Å². The van der Waals surface area contributed by atoms with Crippen LogP contribution in [0.25, 0.3) is 6.08 Å². The summed E-state index contributed by atoms with van der Waals surface area (Å²) in [6, 6.07) is 7.59. The van der Waals surface area contributed by atoms with Crippen molar-refractivity contribution in [2.24, 2.45) is 5.92 Å². The van der Waals surface area contributed by atoms with Crippen LogP contribution in [0.5, 0.6) is 17.2 Å². The van der Waals surface area contributed by atoms with Gasteiger partial charge in [-0.1, -0.05) is 17.7 Å². The fraction of sp³-hybridized carbons (Fsp3) is 0.423. The van der Waals surface area contributed by atoms with Crippen LogP contribution in [0.3, 0.4) is 0 Å². The van der Waals surface area contributed by atoms with Gasteiger partial charge in [0.1, 0.15) is 49.6 Å². The van der Waals surface area contributed by atoms with Gasteiger partial charge < -0.3 is 19.3 Å². The van der Waals surface area contributed by atoms with E-state index >= 15 is 0 Å². The molecule has 6 nitrogen and oxygen atoms in total. The Morgan fingerprint density at radius 3 is 2.73 bits per heavy atom. The molecule has 1 fully saturated rings. The quantitative estimate of drug-likeness (QED) is 0.399. The Bertz CT molecular complexity index is 1130. The Labute approximate surface area is 224 Å². The van der Waals surface area contributed by atoms with Crippen LogP contribution in [0.1, 0.15) is 24.0 Å². The number of rotatable bonds is 10. The minimum Gasteiger partial charge on any atom is -0.489 e. The molecule has 0 aliphatic carbocycles. The van der Waals surface area contributed by atoms with Gasteiger partial charge in [-0.25, -0.2) is 13.2 Å². The summed E-state index contributed by atoms with van der Waals surface area (Å²) < 4.78 is 57.0. The predicted molar refractivity (Wildman–Crippen MR) is 136 cm³/mol. The average Bonchev–Trinajstić information content (AvgIpc) is 2.87. The van der Waals surface area contributed by atoms with E-state index in [0.717, 1.165) is 18.5 Å². The van der Waals surface area contributed by atoms with Crippen molar-refractivity contribution in [1.82, 2.24) is 4.90 Å². The monoisotopic (exact) mass is 561 g/mol. The van der Waals surface area contributed by atoms with Crippen LogP contribution in [-0.2, 0) is 11.4 Å². The highest BCUT2D eigenvalue weighted by atomic mass is 35.5. The minimum atomic E-state index is -1.21. The number of benzene rings is 2. The highest BCUT2D eigenvalue weighted by molar-refractivity contribution is 6.32. The summed E-state index contributed by atoms with van der Waals surface area (Å²) in [5.74, 6) is -0.859. The zero-order chi connectivity index (χ0) is 25.7. The molecule has 2 aliphatic heterocycles. The van der Waals surface area contributed by atoms with Crippen molar-refractivity contribution >= 4 is 36.1 Å². The summed E-state index contributed by atoms with van der Waals surface area (Å²) in [4.78, 5) is 13.4. The van der Waals surface area contributed by atoms with Crippen LogP contribution >= 0.6 is 24.0 Å². The number of likely N-dealkylation sites (tertiary alicyclic amines) is 1. The topological polar surface area (TPSA) is 68.2 Å². The molecule has 0 spiro atoms. The minimum absolute atomic E-state index is 0. The summed E-state index contributed by atoms with van der Waals surface area (Å²) in [5, 5.41) is 9.47. The molecule has 202 valence electrons. The second-order valence-corrected chi connectivity index (χ2v) is 9.33. The molecule has 2 heterocycles. The Balaban J connectivity index is 0.00000380. The highest BCUT2D eigenvalue weighted by Gasteiger charge is 2.27. The van der Waals surface area contributed by atoms with Crippen molar-refractivity contribution in [3.05, 3.63) is 57.9 Å². The van der Waals surface area contributed by atoms with Crippen LogP contribution in [0.4, 0.5) is 13.2 Å². The smallest absolute Gasteiger partial charge is 0.307 e. The van der Waals surface area contributed by atoms with Gasteiger partial charge in [0.25, 0.3) is 0 Å². The van der Waals surface area contributed by atoms with Gasteiger partial charge in [-0.3, -0.25) is 9.69 Å². The van der Waals surface area contributed by atoms with Gasteiger partial charge in [-0.15, -0.1) is 12.4 Å². The molecule has 1 N–H and O–H groups in total. The maximum atomic E-state index is 14.9. The summed E-state index contributed by atoms with van der Waals surface area (Å²) >= 11 is 6.15. The standard InChI is InChI=1S/C26H27ClF3NO5.ClH/c27-22-7-16(3-4-24(22)36-20(10-28)11-29)14-34-19-8-23(30)21-6-17(15-35-25(21)9-19)12-31-5-1-2-18(13-31)26(32)33;/h3-4,6-9,18,20H,1-2,5,10-15H2,(H,32,33);1H/t18-;/m0./s1. The molecule has 2 aromatic carbocycles. The normalized spacial score (nSPS) is 17.3. The fourth-order valence-electron chi connectivity index (χ4n) is 4.29. The molecule has 37 heavy (non-hydrogen) atoms. The van der Waals surface area contributed by atoms with E-state index in [1.807, 2.05) is 0 Å². The first-order valence-corrected chi connectivity index (χ1v) is 12.0. The van der Waals surface area contributed by atoms with Crippen LogP contribution in [0.2, 0.25) is 5.02 Å². The number of carboxylic acid groups (broad SMARTS) is 1. The van der Waals surface area contributed by atoms with E-state index in [9.17, 15) is 23.1 Å². The number of hydrogen-bond donors (Lipinski definition) is 1. The Kier molecular flexibility index (Phi) is 10.4. The number of carbonyl (C=O) groups is 1. The lowest BCUT2D eigenvalue weighted by atomic mass is 9.97. The van der Waals surface area contributed by atoms with E-state index in [1.54, 1.807) is 24.3 Å². The van der Waals surface area contributed by atoms with Gasteiger partial charge in [0.05, 0.1) is 16.5 Å². The van der Waals surface area contributed by atoms with Gasteiger partial charge in [-0.05, 0) is 48.7 Å². The van der Waals surface area contributed by atoms with E-state index in [1.165, 1.54) is 12.1 Å². The number of halogens is 5. The number of carboxylic acids is 1. The Hall–Kier alpha value is -2.62. The maximum absolute atomic E-state index is 14.9. The van der Waals surface area contributed by atoms with Gasteiger partial charge >= 0.3 is 5.97 Å². The van der Waals surface area contributed by atoms with Crippen molar-refractivity contribution in [3.8, 4) is 17.2 Å². The van der Waals surface area contributed by atoms with Crippen molar-refractivity contribution in [1.29, 1.82) is 0 Å². The first kappa shape index (κ1) is 28.9. The third kappa shape index (κ3) is 7.46. The summed E-state index contributed by atoms with van der Waals surface area (Å²) in [5.41, 5.74) is 1.86. The van der Waals surface area contributed by atoms with E-state index < -0.39 is 31.2 Å². The molecule has 0 saturated carbocycles. The van der Waals surface area contributed by atoms with Crippen molar-refractivity contribution in [2.45, 2.75) is 25.6 Å². The average molecular weight is 562 g/mol. The van der Waals surface area contributed by atoms with Gasteiger partial charge in [0.2, 0.25) is 0 Å². The number of aliphatic carboxylic acids is 1. The number of nitrogens with zero attached hydrogens (tertiary/aromatic N) is 1.